The average molecular weight is 283 g/mol. The van der Waals surface area contributed by atoms with E-state index in [-0.39, 0.29) is 0 Å². The minimum absolute atomic E-state index is 0.316. The molecule has 0 spiro atoms. The maximum Gasteiger partial charge on any atom is 0.183 e. The van der Waals surface area contributed by atoms with E-state index in [2.05, 4.69) is 56.0 Å². The first-order valence-corrected chi connectivity index (χ1v) is 10.5. The third-order valence-corrected chi connectivity index (χ3v) is 4.79. The quantitative estimate of drug-likeness (QED) is 0.675. The molecule has 2 aromatic carbocycles. The van der Waals surface area contributed by atoms with Crippen molar-refractivity contribution >= 4 is 14.0 Å². The highest BCUT2D eigenvalue weighted by Crippen LogP contribution is 2.45. The van der Waals surface area contributed by atoms with E-state index in [1.165, 1.54) is 22.3 Å². The van der Waals surface area contributed by atoms with Crippen LogP contribution in [0.1, 0.15) is 17.0 Å². The lowest BCUT2D eigenvalue weighted by Crippen LogP contribution is -2.27. The number of nitrogen functional groups attached to an aromatic ring is 1. The smallest absolute Gasteiger partial charge is 0.183 e. The van der Waals surface area contributed by atoms with Gasteiger partial charge in [0, 0.05) is 18.2 Å². The molecule has 1 aliphatic carbocycles. The largest absolute Gasteiger partial charge is 0.417 e. The van der Waals surface area contributed by atoms with Crippen LogP contribution in [0.3, 0.4) is 0 Å². The van der Waals surface area contributed by atoms with E-state index >= 15 is 0 Å². The molecule has 3 heteroatoms. The summed E-state index contributed by atoms with van der Waals surface area (Å²) in [4.78, 5) is 0. The number of anilines is 1. The zero-order valence-electron chi connectivity index (χ0n) is 12.3. The monoisotopic (exact) mass is 283 g/mol. The molecule has 1 aliphatic rings. The highest BCUT2D eigenvalue weighted by molar-refractivity contribution is 6.69. The van der Waals surface area contributed by atoms with Crippen LogP contribution in [0.2, 0.25) is 19.6 Å². The van der Waals surface area contributed by atoms with Crippen molar-refractivity contribution in [1.82, 2.24) is 0 Å². The first kappa shape index (κ1) is 13.4. The summed E-state index contributed by atoms with van der Waals surface area (Å²) in [5, 5.41) is 0. The van der Waals surface area contributed by atoms with Crippen molar-refractivity contribution in [2.45, 2.75) is 25.6 Å². The average Bonchev–Trinajstić information content (AvgIpc) is 2.68. The third-order valence-electron chi connectivity index (χ3n) is 3.76. The topological polar surface area (TPSA) is 35.2 Å². The summed E-state index contributed by atoms with van der Waals surface area (Å²) in [7, 11) is -1.51. The molecule has 0 saturated heterocycles. The van der Waals surface area contributed by atoms with Gasteiger partial charge in [0.15, 0.2) is 8.32 Å². The second-order valence-electron chi connectivity index (χ2n) is 6.41. The van der Waals surface area contributed by atoms with Crippen LogP contribution >= 0.6 is 0 Å². The normalized spacial score (nSPS) is 16.9. The first-order valence-electron chi connectivity index (χ1n) is 7.08. The predicted molar refractivity (Wildman–Crippen MR) is 87.4 cm³/mol. The van der Waals surface area contributed by atoms with Gasteiger partial charge in [0.25, 0.3) is 0 Å². The summed E-state index contributed by atoms with van der Waals surface area (Å²) < 4.78 is 6.16. The summed E-state index contributed by atoms with van der Waals surface area (Å²) >= 11 is 0. The lowest BCUT2D eigenvalue weighted by molar-refractivity contribution is 0.299. The van der Waals surface area contributed by atoms with Crippen LogP contribution < -0.4 is 5.73 Å². The summed E-state index contributed by atoms with van der Waals surface area (Å²) in [5.41, 5.74) is 12.1. The SMILES string of the molecule is C[Si](C)(C)OCC1c2ccccc2-c2ccc(N)cc21. The number of hydrogen-bond donors (Lipinski definition) is 1. The van der Waals surface area contributed by atoms with Gasteiger partial charge < -0.3 is 10.2 Å². The first-order chi connectivity index (χ1) is 9.46. The van der Waals surface area contributed by atoms with Crippen molar-refractivity contribution in [3.05, 3.63) is 53.6 Å². The van der Waals surface area contributed by atoms with Crippen LogP contribution in [0, 0.1) is 0 Å². The van der Waals surface area contributed by atoms with Crippen molar-refractivity contribution in [3.63, 3.8) is 0 Å². The lowest BCUT2D eigenvalue weighted by Gasteiger charge is -2.22. The van der Waals surface area contributed by atoms with Crippen molar-refractivity contribution in [3.8, 4) is 11.1 Å². The van der Waals surface area contributed by atoms with Gasteiger partial charge in [-0.3, -0.25) is 0 Å². The molecule has 0 amide bonds. The van der Waals surface area contributed by atoms with E-state index < -0.39 is 8.32 Å². The molecule has 0 fully saturated rings. The standard InChI is InChI=1S/C17H21NOSi/c1-20(2,3)19-11-17-14-7-5-4-6-13(14)15-9-8-12(18)10-16(15)17/h4-10,17H,11,18H2,1-3H3. The molecular formula is C17H21NOSi. The number of nitrogens with two attached hydrogens (primary N) is 1. The summed E-state index contributed by atoms with van der Waals surface area (Å²) in [6, 6.07) is 14.8. The minimum Gasteiger partial charge on any atom is -0.417 e. The maximum atomic E-state index is 6.16. The Morgan fingerprint density at radius 3 is 2.45 bits per heavy atom. The van der Waals surface area contributed by atoms with Gasteiger partial charge in [-0.25, -0.2) is 0 Å². The maximum absolute atomic E-state index is 6.16. The highest BCUT2D eigenvalue weighted by Gasteiger charge is 2.30. The van der Waals surface area contributed by atoms with Gasteiger partial charge >= 0.3 is 0 Å². The van der Waals surface area contributed by atoms with Gasteiger partial charge in [-0.15, -0.1) is 0 Å². The third kappa shape index (κ3) is 2.39. The zero-order chi connectivity index (χ0) is 14.3. The molecular weight excluding hydrogens is 262 g/mol. The van der Waals surface area contributed by atoms with E-state index in [1.54, 1.807) is 0 Å². The van der Waals surface area contributed by atoms with Crippen LogP contribution in [0.15, 0.2) is 42.5 Å². The number of hydrogen-bond acceptors (Lipinski definition) is 2. The molecule has 0 saturated carbocycles. The molecule has 3 rings (SSSR count). The van der Waals surface area contributed by atoms with Crippen molar-refractivity contribution < 1.29 is 4.43 Å². The molecule has 104 valence electrons. The Labute approximate surface area is 121 Å². The number of rotatable bonds is 3. The Kier molecular flexibility index (Phi) is 3.19. The van der Waals surface area contributed by atoms with Crippen molar-refractivity contribution in [2.24, 2.45) is 0 Å². The van der Waals surface area contributed by atoms with Crippen LogP contribution in [0.5, 0.6) is 0 Å². The van der Waals surface area contributed by atoms with Crippen molar-refractivity contribution in [2.75, 3.05) is 12.3 Å². The van der Waals surface area contributed by atoms with Crippen LogP contribution in [-0.2, 0) is 4.43 Å². The van der Waals surface area contributed by atoms with E-state index in [0.29, 0.717) is 5.92 Å². The fourth-order valence-corrected chi connectivity index (χ4v) is 3.51. The molecule has 0 aromatic heterocycles. The Bertz CT molecular complexity index is 646. The Hall–Kier alpha value is -1.58. The second kappa shape index (κ2) is 4.76. The fraction of sp³-hybridized carbons (Fsp3) is 0.294. The predicted octanol–water partition coefficient (Wildman–Crippen LogP) is 4.23. The van der Waals surface area contributed by atoms with Crippen LogP contribution in [0.4, 0.5) is 5.69 Å². The second-order valence-corrected chi connectivity index (χ2v) is 10.9. The van der Waals surface area contributed by atoms with Gasteiger partial charge in [0.1, 0.15) is 0 Å². The minimum atomic E-state index is -1.51. The van der Waals surface area contributed by atoms with E-state index in [9.17, 15) is 0 Å². The van der Waals surface area contributed by atoms with Gasteiger partial charge in [-0.2, -0.15) is 0 Å². The molecule has 0 heterocycles. The van der Waals surface area contributed by atoms with E-state index in [4.69, 9.17) is 10.2 Å². The van der Waals surface area contributed by atoms with Gasteiger partial charge in [0.05, 0.1) is 0 Å². The molecule has 20 heavy (non-hydrogen) atoms. The van der Waals surface area contributed by atoms with Crippen LogP contribution in [0.25, 0.3) is 11.1 Å². The molecule has 0 bridgehead atoms. The molecule has 1 atom stereocenters. The van der Waals surface area contributed by atoms with Gasteiger partial charge in [-0.05, 0) is 54.0 Å². The van der Waals surface area contributed by atoms with E-state index in [0.717, 1.165) is 12.3 Å². The van der Waals surface area contributed by atoms with E-state index in [1.807, 2.05) is 6.07 Å². The molecule has 2 N–H and O–H groups in total. The van der Waals surface area contributed by atoms with Gasteiger partial charge in [-0.1, -0.05) is 30.3 Å². The highest BCUT2D eigenvalue weighted by atomic mass is 28.4. The fourth-order valence-electron chi connectivity index (χ4n) is 2.84. The molecule has 2 nitrogen and oxygen atoms in total. The summed E-state index contributed by atoms with van der Waals surface area (Å²) in [6.07, 6.45) is 0. The number of fused-ring (bicyclic) bond motifs is 3. The Balaban J connectivity index is 2.03. The molecule has 0 aliphatic heterocycles. The van der Waals surface area contributed by atoms with Crippen LogP contribution in [-0.4, -0.2) is 14.9 Å². The zero-order valence-corrected chi connectivity index (χ0v) is 13.3. The summed E-state index contributed by atoms with van der Waals surface area (Å²) in [5.74, 6) is 0.316. The molecule has 0 radical (unpaired) electrons. The number of benzene rings is 2. The van der Waals surface area contributed by atoms with Crippen molar-refractivity contribution in [1.29, 1.82) is 0 Å². The summed E-state index contributed by atoms with van der Waals surface area (Å²) in [6.45, 7) is 7.44. The molecule has 1 unspecified atom stereocenters. The Morgan fingerprint density at radius 1 is 1.00 bits per heavy atom. The Morgan fingerprint density at radius 2 is 1.70 bits per heavy atom. The van der Waals surface area contributed by atoms with Gasteiger partial charge in [0.2, 0.25) is 0 Å². The molecule has 2 aromatic rings. The lowest BCUT2D eigenvalue weighted by atomic mass is 9.98.